The smallest absolute Gasteiger partial charge is 0.0955 e. The van der Waals surface area contributed by atoms with Crippen LogP contribution in [0, 0.1) is 5.92 Å². The van der Waals surface area contributed by atoms with Crippen molar-refractivity contribution >= 4 is 11.0 Å². The van der Waals surface area contributed by atoms with Gasteiger partial charge in [0.15, 0.2) is 0 Å². The van der Waals surface area contributed by atoms with Crippen LogP contribution in [0.5, 0.6) is 0 Å². The lowest BCUT2D eigenvalue weighted by atomic mass is 9.98. The monoisotopic (exact) mass is 350 g/mol. The van der Waals surface area contributed by atoms with Crippen molar-refractivity contribution in [1.29, 1.82) is 0 Å². The lowest BCUT2D eigenvalue weighted by molar-refractivity contribution is 0.232. The molecule has 4 rings (SSSR count). The van der Waals surface area contributed by atoms with Gasteiger partial charge in [-0.15, -0.1) is 0 Å². The summed E-state index contributed by atoms with van der Waals surface area (Å²) < 4.78 is 2.02. The molecule has 0 aliphatic carbocycles. The van der Waals surface area contributed by atoms with Gasteiger partial charge in [-0.2, -0.15) is 0 Å². The van der Waals surface area contributed by atoms with Gasteiger partial charge in [-0.25, -0.2) is 4.98 Å². The fraction of sp³-hybridized carbons (Fsp3) is 0.450. The lowest BCUT2D eigenvalue weighted by Gasteiger charge is -2.27. The second-order valence-electron chi connectivity index (χ2n) is 7.34. The van der Waals surface area contributed by atoms with Crippen LogP contribution < -0.4 is 5.32 Å². The van der Waals surface area contributed by atoms with Crippen LogP contribution in [-0.2, 0) is 13.6 Å². The number of hydrogen-bond donors (Lipinski definition) is 1. The Hall–Kier alpha value is -2.31. The van der Waals surface area contributed by atoms with Gasteiger partial charge in [-0.05, 0) is 51.0 Å². The Morgan fingerprint density at radius 3 is 2.77 bits per heavy atom. The van der Waals surface area contributed by atoms with Crippen LogP contribution in [0.25, 0.3) is 22.3 Å². The molecule has 1 aliphatic rings. The molecule has 1 N–H and O–H groups in total. The highest BCUT2D eigenvalue weighted by molar-refractivity contribution is 5.81. The Morgan fingerprint density at radius 1 is 1.15 bits per heavy atom. The molecule has 0 radical (unpaired) electrons. The Labute approximate surface area is 154 Å². The zero-order valence-corrected chi connectivity index (χ0v) is 15.5. The number of aryl methyl sites for hydroxylation is 1. The van der Waals surface area contributed by atoms with Gasteiger partial charge < -0.3 is 14.8 Å². The number of nitrogens with zero attached hydrogens (tertiary/aromatic N) is 5. The molecule has 0 bridgehead atoms. The number of piperidine rings is 1. The summed E-state index contributed by atoms with van der Waals surface area (Å²) >= 11 is 0. The molecule has 0 atom stereocenters. The number of imidazole rings is 1. The maximum absolute atomic E-state index is 4.64. The summed E-state index contributed by atoms with van der Waals surface area (Å²) in [4.78, 5) is 16.0. The zero-order valence-electron chi connectivity index (χ0n) is 15.5. The van der Waals surface area contributed by atoms with E-state index in [2.05, 4.69) is 44.3 Å². The zero-order chi connectivity index (χ0) is 17.9. The van der Waals surface area contributed by atoms with E-state index < -0.39 is 0 Å². The average Bonchev–Trinajstić information content (AvgIpc) is 3.03. The van der Waals surface area contributed by atoms with Crippen molar-refractivity contribution in [2.75, 3.05) is 26.7 Å². The van der Waals surface area contributed by atoms with Crippen LogP contribution in [0.3, 0.4) is 0 Å². The van der Waals surface area contributed by atoms with Gasteiger partial charge in [0.25, 0.3) is 0 Å². The highest BCUT2D eigenvalue weighted by Crippen LogP contribution is 2.22. The topological polar surface area (TPSA) is 58.9 Å². The number of aromatic nitrogens is 4. The maximum Gasteiger partial charge on any atom is 0.0955 e. The molecule has 0 spiro atoms. The van der Waals surface area contributed by atoms with Gasteiger partial charge in [-0.1, -0.05) is 6.07 Å². The first-order valence-electron chi connectivity index (χ1n) is 9.30. The molecular formula is C20H26N6. The third-order valence-electron chi connectivity index (χ3n) is 5.19. The molecule has 1 aromatic carbocycles. The number of rotatable bonds is 5. The van der Waals surface area contributed by atoms with Crippen molar-refractivity contribution in [2.24, 2.45) is 13.0 Å². The Bertz CT molecular complexity index is 864. The van der Waals surface area contributed by atoms with Crippen LogP contribution in [0.15, 0.2) is 36.9 Å². The summed E-state index contributed by atoms with van der Waals surface area (Å²) in [6.45, 7) is 4.27. The van der Waals surface area contributed by atoms with Gasteiger partial charge >= 0.3 is 0 Å². The van der Waals surface area contributed by atoms with E-state index in [-0.39, 0.29) is 0 Å². The molecule has 1 aliphatic heterocycles. The van der Waals surface area contributed by atoms with Crippen LogP contribution in [0.4, 0.5) is 0 Å². The minimum Gasteiger partial charge on any atom is -0.334 e. The number of benzene rings is 1. The van der Waals surface area contributed by atoms with Crippen LogP contribution >= 0.6 is 0 Å². The van der Waals surface area contributed by atoms with E-state index in [1.165, 1.54) is 12.8 Å². The molecule has 136 valence electrons. The number of hydrogen-bond acceptors (Lipinski definition) is 5. The SMILES string of the molecule is CN(Cc1cnc(-c2ccc3ncn(C)c3c2)cn1)CC1CCNCC1. The predicted octanol–water partition coefficient (Wildman–Crippen LogP) is 2.46. The molecule has 3 aromatic rings. The van der Waals surface area contributed by atoms with E-state index in [9.17, 15) is 0 Å². The van der Waals surface area contributed by atoms with E-state index in [4.69, 9.17) is 0 Å². The largest absolute Gasteiger partial charge is 0.334 e. The molecule has 0 amide bonds. The first-order chi connectivity index (χ1) is 12.7. The third-order valence-corrected chi connectivity index (χ3v) is 5.19. The summed E-state index contributed by atoms with van der Waals surface area (Å²) in [6.07, 6.45) is 8.16. The molecule has 6 nitrogen and oxygen atoms in total. The van der Waals surface area contributed by atoms with Gasteiger partial charge in [0.1, 0.15) is 0 Å². The fourth-order valence-electron chi connectivity index (χ4n) is 3.72. The molecule has 0 saturated carbocycles. The first kappa shape index (κ1) is 17.1. The molecule has 6 heteroatoms. The summed E-state index contributed by atoms with van der Waals surface area (Å²) in [5, 5.41) is 3.43. The second kappa shape index (κ2) is 7.51. The summed E-state index contributed by atoms with van der Waals surface area (Å²) in [5.74, 6) is 0.791. The summed E-state index contributed by atoms with van der Waals surface area (Å²) in [7, 11) is 4.18. The highest BCUT2D eigenvalue weighted by atomic mass is 15.1. The third kappa shape index (κ3) is 3.76. The molecule has 1 saturated heterocycles. The van der Waals surface area contributed by atoms with Crippen molar-refractivity contribution in [2.45, 2.75) is 19.4 Å². The van der Waals surface area contributed by atoms with Crippen molar-refractivity contribution in [1.82, 2.24) is 29.7 Å². The number of fused-ring (bicyclic) bond motifs is 1. The molecule has 0 unspecified atom stereocenters. The standard InChI is InChI=1S/C20H26N6/c1-25(12-15-5-7-21-8-6-15)13-17-10-23-19(11-22-17)16-3-4-18-20(9-16)26(2)14-24-18/h3-4,9-11,14-15,21H,5-8,12-13H2,1-2H3. The molecule has 2 aromatic heterocycles. The summed E-state index contributed by atoms with van der Waals surface area (Å²) in [6, 6.07) is 6.21. The van der Waals surface area contributed by atoms with Crippen molar-refractivity contribution < 1.29 is 0 Å². The minimum absolute atomic E-state index is 0.791. The number of nitrogens with one attached hydrogen (secondary N) is 1. The quantitative estimate of drug-likeness (QED) is 0.766. The van der Waals surface area contributed by atoms with Crippen LogP contribution in [0.2, 0.25) is 0 Å². The normalized spacial score (nSPS) is 15.8. The van der Waals surface area contributed by atoms with Gasteiger partial charge in [0.05, 0.1) is 41.1 Å². The Morgan fingerprint density at radius 2 is 2.00 bits per heavy atom. The first-order valence-corrected chi connectivity index (χ1v) is 9.30. The molecule has 1 fully saturated rings. The molecule has 26 heavy (non-hydrogen) atoms. The maximum atomic E-state index is 4.64. The van der Waals surface area contributed by atoms with Crippen molar-refractivity contribution in [3.8, 4) is 11.3 Å². The molecule has 3 heterocycles. The fourth-order valence-corrected chi connectivity index (χ4v) is 3.72. The van der Waals surface area contributed by atoms with E-state index >= 15 is 0 Å². The van der Waals surface area contributed by atoms with Crippen LogP contribution in [-0.4, -0.2) is 51.1 Å². The second-order valence-corrected chi connectivity index (χ2v) is 7.34. The Balaban J connectivity index is 1.43. The Kier molecular flexibility index (Phi) is 4.95. The van der Waals surface area contributed by atoms with E-state index in [1.807, 2.05) is 36.4 Å². The van der Waals surface area contributed by atoms with E-state index in [0.29, 0.717) is 0 Å². The highest BCUT2D eigenvalue weighted by Gasteiger charge is 2.15. The van der Waals surface area contributed by atoms with Gasteiger partial charge in [0.2, 0.25) is 0 Å². The van der Waals surface area contributed by atoms with E-state index in [0.717, 1.165) is 60.1 Å². The lowest BCUT2D eigenvalue weighted by Crippen LogP contribution is -2.34. The minimum atomic E-state index is 0.791. The van der Waals surface area contributed by atoms with Crippen molar-refractivity contribution in [3.63, 3.8) is 0 Å². The van der Waals surface area contributed by atoms with Gasteiger partial charge in [0, 0.05) is 25.7 Å². The average molecular weight is 350 g/mol. The van der Waals surface area contributed by atoms with E-state index in [1.54, 1.807) is 0 Å². The summed E-state index contributed by atoms with van der Waals surface area (Å²) in [5.41, 5.74) is 5.10. The van der Waals surface area contributed by atoms with Crippen LogP contribution in [0.1, 0.15) is 18.5 Å². The van der Waals surface area contributed by atoms with Crippen molar-refractivity contribution in [3.05, 3.63) is 42.6 Å². The van der Waals surface area contributed by atoms with Gasteiger partial charge in [-0.3, -0.25) is 9.97 Å². The predicted molar refractivity (Wildman–Crippen MR) is 104 cm³/mol. The molecular weight excluding hydrogens is 324 g/mol.